The Balaban J connectivity index is 2.80. The van der Waals surface area contributed by atoms with Crippen LogP contribution in [0.25, 0.3) is 0 Å². The molecule has 108 valence electrons. The molecule has 0 unspecified atom stereocenters. The van der Waals surface area contributed by atoms with Crippen LogP contribution in [0.15, 0.2) is 6.33 Å². The number of hydrogen-bond acceptors (Lipinski definition) is 5. The average Bonchev–Trinajstić information content (AvgIpc) is 2.37. The maximum Gasteiger partial charge on any atom is 0.134 e. The molecular formula is C14H26N4O. The van der Waals surface area contributed by atoms with Crippen LogP contribution in [-0.4, -0.2) is 35.3 Å². The van der Waals surface area contributed by atoms with Crippen molar-refractivity contribution >= 4 is 11.6 Å². The predicted molar refractivity (Wildman–Crippen MR) is 79.8 cm³/mol. The summed E-state index contributed by atoms with van der Waals surface area (Å²) in [6.07, 6.45) is 2.48. The quantitative estimate of drug-likeness (QED) is 0.757. The highest BCUT2D eigenvalue weighted by Crippen LogP contribution is 2.21. The Morgan fingerprint density at radius 3 is 2.26 bits per heavy atom. The second kappa shape index (κ2) is 7.28. The first-order valence-corrected chi connectivity index (χ1v) is 6.99. The number of aromatic nitrogens is 2. The van der Waals surface area contributed by atoms with Gasteiger partial charge >= 0.3 is 0 Å². The Morgan fingerprint density at radius 1 is 1.11 bits per heavy atom. The Bertz CT molecular complexity index is 393. The third-order valence-electron chi connectivity index (χ3n) is 2.86. The zero-order valence-corrected chi connectivity index (χ0v) is 12.7. The molecule has 1 heterocycles. The van der Waals surface area contributed by atoms with Crippen LogP contribution in [0.2, 0.25) is 0 Å². The van der Waals surface area contributed by atoms with Crippen molar-refractivity contribution in [2.24, 2.45) is 0 Å². The first-order chi connectivity index (χ1) is 9.04. The van der Waals surface area contributed by atoms with Gasteiger partial charge in [-0.05, 0) is 34.1 Å². The molecule has 0 saturated heterocycles. The van der Waals surface area contributed by atoms with Gasteiger partial charge in [0.15, 0.2) is 0 Å². The fraction of sp³-hybridized carbons (Fsp3) is 0.714. The summed E-state index contributed by atoms with van der Waals surface area (Å²) in [6, 6.07) is 0. The maximum atomic E-state index is 5.68. The molecule has 0 fully saturated rings. The number of rotatable bonds is 8. The van der Waals surface area contributed by atoms with Crippen molar-refractivity contribution in [1.82, 2.24) is 9.97 Å². The number of nitrogens with one attached hydrogen (secondary N) is 2. The Kier molecular flexibility index (Phi) is 6.02. The van der Waals surface area contributed by atoms with Crippen molar-refractivity contribution < 1.29 is 4.74 Å². The Morgan fingerprint density at radius 2 is 1.74 bits per heavy atom. The van der Waals surface area contributed by atoms with Crippen molar-refractivity contribution in [3.05, 3.63) is 11.9 Å². The van der Waals surface area contributed by atoms with Crippen LogP contribution >= 0.6 is 0 Å². The van der Waals surface area contributed by atoms with E-state index in [1.165, 1.54) is 0 Å². The van der Waals surface area contributed by atoms with Crippen molar-refractivity contribution in [2.45, 2.75) is 46.6 Å². The van der Waals surface area contributed by atoms with Crippen molar-refractivity contribution in [3.63, 3.8) is 0 Å². The van der Waals surface area contributed by atoms with Crippen LogP contribution in [0.3, 0.4) is 0 Å². The molecule has 0 aliphatic rings. The highest BCUT2D eigenvalue weighted by molar-refractivity contribution is 5.57. The van der Waals surface area contributed by atoms with E-state index in [0.29, 0.717) is 6.61 Å². The second-order valence-corrected chi connectivity index (χ2v) is 4.98. The standard InChI is InChI=1S/C14H26N4O/c1-6-11-12(15-7-2)17-10-18-13(11)16-9-14(4,5)19-8-3/h10H,6-9H2,1-5H3,(H2,15,16,17,18). The Hall–Kier alpha value is -1.36. The summed E-state index contributed by atoms with van der Waals surface area (Å²) in [5, 5.41) is 6.64. The molecule has 19 heavy (non-hydrogen) atoms. The molecule has 1 aromatic heterocycles. The highest BCUT2D eigenvalue weighted by atomic mass is 16.5. The number of anilines is 2. The van der Waals surface area contributed by atoms with Gasteiger partial charge in [-0.25, -0.2) is 9.97 Å². The molecule has 2 N–H and O–H groups in total. The first-order valence-electron chi connectivity index (χ1n) is 6.99. The van der Waals surface area contributed by atoms with Gasteiger partial charge < -0.3 is 15.4 Å². The smallest absolute Gasteiger partial charge is 0.134 e. The van der Waals surface area contributed by atoms with Crippen LogP contribution in [0, 0.1) is 0 Å². The van der Waals surface area contributed by atoms with Gasteiger partial charge in [0.2, 0.25) is 0 Å². The second-order valence-electron chi connectivity index (χ2n) is 4.98. The van der Waals surface area contributed by atoms with Crippen LogP contribution < -0.4 is 10.6 Å². The average molecular weight is 266 g/mol. The summed E-state index contributed by atoms with van der Waals surface area (Å²) in [6.45, 7) is 12.6. The molecule has 0 atom stereocenters. The van der Waals surface area contributed by atoms with Crippen LogP contribution in [-0.2, 0) is 11.2 Å². The minimum absolute atomic E-state index is 0.205. The summed E-state index contributed by atoms with van der Waals surface area (Å²) in [5.74, 6) is 1.80. The first kappa shape index (κ1) is 15.7. The van der Waals surface area contributed by atoms with Crippen molar-refractivity contribution in [1.29, 1.82) is 0 Å². The van der Waals surface area contributed by atoms with E-state index in [-0.39, 0.29) is 5.60 Å². The van der Waals surface area contributed by atoms with E-state index in [1.54, 1.807) is 6.33 Å². The van der Waals surface area contributed by atoms with Crippen LogP contribution in [0.5, 0.6) is 0 Å². The molecule has 0 aliphatic carbocycles. The molecule has 5 nitrogen and oxygen atoms in total. The van der Waals surface area contributed by atoms with Gasteiger partial charge in [-0.2, -0.15) is 0 Å². The zero-order chi connectivity index (χ0) is 14.3. The fourth-order valence-electron chi connectivity index (χ4n) is 1.96. The lowest BCUT2D eigenvalue weighted by molar-refractivity contribution is 0.000631. The van der Waals surface area contributed by atoms with E-state index in [2.05, 4.69) is 48.3 Å². The molecule has 1 rings (SSSR count). The molecule has 0 aliphatic heterocycles. The normalized spacial score (nSPS) is 11.4. The molecule has 0 radical (unpaired) electrons. The lowest BCUT2D eigenvalue weighted by Crippen LogP contribution is -2.34. The molecule has 0 saturated carbocycles. The van der Waals surface area contributed by atoms with Gasteiger partial charge in [-0.3, -0.25) is 0 Å². The summed E-state index contributed by atoms with van der Waals surface area (Å²) >= 11 is 0. The SMILES string of the molecule is CCNc1ncnc(NCC(C)(C)OCC)c1CC. The minimum atomic E-state index is -0.205. The predicted octanol–water partition coefficient (Wildman–Crippen LogP) is 2.70. The van der Waals surface area contributed by atoms with Crippen molar-refractivity contribution in [3.8, 4) is 0 Å². The van der Waals surface area contributed by atoms with Gasteiger partial charge in [0, 0.05) is 25.3 Å². The minimum Gasteiger partial charge on any atom is -0.374 e. The fourth-order valence-corrected chi connectivity index (χ4v) is 1.96. The maximum absolute atomic E-state index is 5.68. The topological polar surface area (TPSA) is 59.1 Å². The number of ether oxygens (including phenoxy) is 1. The number of nitrogens with zero attached hydrogens (tertiary/aromatic N) is 2. The molecular weight excluding hydrogens is 240 g/mol. The van der Waals surface area contributed by atoms with E-state index < -0.39 is 0 Å². The third kappa shape index (κ3) is 4.67. The van der Waals surface area contributed by atoms with Gasteiger partial charge in [0.1, 0.15) is 18.0 Å². The summed E-state index contributed by atoms with van der Waals surface area (Å²) in [7, 11) is 0. The molecule has 1 aromatic rings. The van der Waals surface area contributed by atoms with E-state index in [9.17, 15) is 0 Å². The van der Waals surface area contributed by atoms with E-state index in [4.69, 9.17) is 4.74 Å². The van der Waals surface area contributed by atoms with Gasteiger partial charge in [0.05, 0.1) is 5.60 Å². The molecule has 0 amide bonds. The molecule has 0 bridgehead atoms. The lowest BCUT2D eigenvalue weighted by atomic mass is 10.1. The summed E-state index contributed by atoms with van der Waals surface area (Å²) in [5.41, 5.74) is 0.917. The highest BCUT2D eigenvalue weighted by Gasteiger charge is 2.18. The molecule has 5 heteroatoms. The summed E-state index contributed by atoms with van der Waals surface area (Å²) in [4.78, 5) is 8.63. The van der Waals surface area contributed by atoms with Crippen LogP contribution in [0.1, 0.15) is 40.2 Å². The van der Waals surface area contributed by atoms with E-state index >= 15 is 0 Å². The van der Waals surface area contributed by atoms with E-state index in [0.717, 1.165) is 36.7 Å². The van der Waals surface area contributed by atoms with Gasteiger partial charge in [-0.15, -0.1) is 0 Å². The molecule has 0 aromatic carbocycles. The van der Waals surface area contributed by atoms with Crippen LogP contribution in [0.4, 0.5) is 11.6 Å². The van der Waals surface area contributed by atoms with E-state index in [1.807, 2.05) is 6.92 Å². The number of hydrogen-bond donors (Lipinski definition) is 2. The Labute approximate surface area is 116 Å². The monoisotopic (exact) mass is 266 g/mol. The summed E-state index contributed by atoms with van der Waals surface area (Å²) < 4.78 is 5.68. The lowest BCUT2D eigenvalue weighted by Gasteiger charge is -2.26. The molecule has 0 spiro atoms. The zero-order valence-electron chi connectivity index (χ0n) is 12.7. The largest absolute Gasteiger partial charge is 0.374 e. The third-order valence-corrected chi connectivity index (χ3v) is 2.86. The van der Waals surface area contributed by atoms with Crippen molar-refractivity contribution in [2.75, 3.05) is 30.3 Å². The van der Waals surface area contributed by atoms with Gasteiger partial charge in [-0.1, -0.05) is 6.92 Å². The van der Waals surface area contributed by atoms with Gasteiger partial charge in [0.25, 0.3) is 0 Å².